The molecule has 2 bridgehead atoms. The van der Waals surface area contributed by atoms with Crippen molar-refractivity contribution >= 4 is 0 Å². The zero-order chi connectivity index (χ0) is 10.6. The summed E-state index contributed by atoms with van der Waals surface area (Å²) in [6.45, 7) is 12.2. The summed E-state index contributed by atoms with van der Waals surface area (Å²) < 4.78 is 0. The molecule has 0 aromatic carbocycles. The molecule has 0 atom stereocenters. The summed E-state index contributed by atoms with van der Waals surface area (Å²) in [5.74, 6) is 0.897. The molecule has 0 nitrogen and oxygen atoms in total. The molecule has 0 heteroatoms. The lowest BCUT2D eigenvalue weighted by Gasteiger charge is -2.40. The Morgan fingerprint density at radius 2 is 1.43 bits per heavy atom. The van der Waals surface area contributed by atoms with Crippen LogP contribution in [0.1, 0.15) is 66.7 Å². The van der Waals surface area contributed by atoms with E-state index in [4.69, 9.17) is 0 Å². The van der Waals surface area contributed by atoms with Crippen LogP contribution >= 0.6 is 0 Å². The number of hydrogen-bond donors (Lipinski definition) is 0. The molecule has 0 amide bonds. The molecule has 0 aliphatic heterocycles. The molecule has 0 heterocycles. The highest BCUT2D eigenvalue weighted by Gasteiger charge is 2.59. The third kappa shape index (κ3) is 1.19. The molecular formula is C14H26. The Morgan fingerprint density at radius 1 is 0.929 bits per heavy atom. The molecule has 0 aromatic heterocycles. The fourth-order valence-electron chi connectivity index (χ4n) is 4.05. The Hall–Kier alpha value is 0. The predicted molar refractivity (Wildman–Crippen MR) is 62.2 cm³/mol. The van der Waals surface area contributed by atoms with Gasteiger partial charge in [-0.05, 0) is 54.3 Å². The zero-order valence-electron chi connectivity index (χ0n) is 10.6. The maximum absolute atomic E-state index is 2.45. The molecule has 0 spiro atoms. The second-order valence-electron chi connectivity index (χ2n) is 7.22. The van der Waals surface area contributed by atoms with Crippen LogP contribution in [-0.2, 0) is 0 Å². The average Bonchev–Trinajstić information content (AvgIpc) is 2.59. The van der Waals surface area contributed by atoms with Gasteiger partial charge in [0.25, 0.3) is 0 Å². The first-order chi connectivity index (χ1) is 6.31. The van der Waals surface area contributed by atoms with E-state index in [1.807, 2.05) is 0 Å². The fourth-order valence-corrected chi connectivity index (χ4v) is 4.05. The van der Waals surface area contributed by atoms with Crippen LogP contribution in [0.4, 0.5) is 0 Å². The maximum Gasteiger partial charge on any atom is -0.0243 e. The Balaban J connectivity index is 2.25. The van der Waals surface area contributed by atoms with Crippen LogP contribution in [0, 0.1) is 22.2 Å². The molecule has 2 aliphatic rings. The summed E-state index contributed by atoms with van der Waals surface area (Å²) in [6, 6.07) is 0. The van der Waals surface area contributed by atoms with E-state index >= 15 is 0 Å². The first-order valence-electron chi connectivity index (χ1n) is 6.31. The molecule has 0 saturated heterocycles. The lowest BCUT2D eigenvalue weighted by atomic mass is 9.65. The Bertz CT molecular complexity index is 221. The van der Waals surface area contributed by atoms with Crippen LogP contribution in [0.25, 0.3) is 0 Å². The van der Waals surface area contributed by atoms with Crippen molar-refractivity contribution in [3.05, 3.63) is 0 Å². The molecular weight excluding hydrogens is 168 g/mol. The normalized spacial score (nSPS) is 42.4. The summed E-state index contributed by atoms with van der Waals surface area (Å²) in [5, 5.41) is 0. The van der Waals surface area contributed by atoms with Crippen LogP contribution in [0.3, 0.4) is 0 Å². The van der Waals surface area contributed by atoms with Crippen molar-refractivity contribution in [3.8, 4) is 0 Å². The van der Waals surface area contributed by atoms with Gasteiger partial charge < -0.3 is 0 Å². The van der Waals surface area contributed by atoms with E-state index in [-0.39, 0.29) is 0 Å². The fraction of sp³-hybridized carbons (Fsp3) is 1.00. The molecule has 2 aliphatic carbocycles. The van der Waals surface area contributed by atoms with Crippen LogP contribution in [0.5, 0.6) is 0 Å². The first-order valence-corrected chi connectivity index (χ1v) is 6.31. The van der Waals surface area contributed by atoms with Crippen molar-refractivity contribution < 1.29 is 0 Å². The largest absolute Gasteiger partial charge is 0.0622 e. The molecule has 14 heavy (non-hydrogen) atoms. The van der Waals surface area contributed by atoms with Gasteiger partial charge in [-0.3, -0.25) is 0 Å². The number of hydrogen-bond acceptors (Lipinski definition) is 0. The molecule has 2 rings (SSSR count). The van der Waals surface area contributed by atoms with E-state index in [1.165, 1.54) is 32.1 Å². The van der Waals surface area contributed by atoms with Crippen LogP contribution in [0.2, 0.25) is 0 Å². The minimum atomic E-state index is 0.528. The minimum Gasteiger partial charge on any atom is -0.0622 e. The molecule has 0 N–H and O–H groups in total. The number of fused-ring (bicyclic) bond motifs is 2. The maximum atomic E-state index is 2.45. The molecule has 0 aromatic rings. The third-order valence-corrected chi connectivity index (χ3v) is 5.71. The van der Waals surface area contributed by atoms with Gasteiger partial charge in [0.05, 0.1) is 0 Å². The number of rotatable bonds is 1. The minimum absolute atomic E-state index is 0.528. The highest BCUT2D eigenvalue weighted by molar-refractivity contribution is 5.09. The highest BCUT2D eigenvalue weighted by atomic mass is 14.6. The third-order valence-electron chi connectivity index (χ3n) is 5.71. The van der Waals surface area contributed by atoms with Gasteiger partial charge in [0.2, 0.25) is 0 Å². The van der Waals surface area contributed by atoms with Crippen LogP contribution in [-0.4, -0.2) is 0 Å². The highest BCUT2D eigenvalue weighted by Crippen LogP contribution is 2.69. The lowest BCUT2D eigenvalue weighted by molar-refractivity contribution is 0.0975. The quantitative estimate of drug-likeness (QED) is 0.570. The van der Waals surface area contributed by atoms with Gasteiger partial charge in [-0.25, -0.2) is 0 Å². The smallest absolute Gasteiger partial charge is 0.0243 e. The van der Waals surface area contributed by atoms with E-state index < -0.39 is 0 Å². The van der Waals surface area contributed by atoms with Gasteiger partial charge in [-0.1, -0.05) is 34.6 Å². The van der Waals surface area contributed by atoms with E-state index in [9.17, 15) is 0 Å². The van der Waals surface area contributed by atoms with Gasteiger partial charge >= 0.3 is 0 Å². The summed E-state index contributed by atoms with van der Waals surface area (Å²) in [4.78, 5) is 0. The summed E-state index contributed by atoms with van der Waals surface area (Å²) in [5.41, 5.74) is 1.95. The van der Waals surface area contributed by atoms with Gasteiger partial charge in [-0.2, -0.15) is 0 Å². The van der Waals surface area contributed by atoms with Crippen molar-refractivity contribution in [2.45, 2.75) is 66.7 Å². The zero-order valence-corrected chi connectivity index (χ0v) is 10.6. The van der Waals surface area contributed by atoms with Crippen molar-refractivity contribution in [1.29, 1.82) is 0 Å². The summed E-state index contributed by atoms with van der Waals surface area (Å²) in [7, 11) is 0. The average molecular weight is 194 g/mol. The van der Waals surface area contributed by atoms with Gasteiger partial charge in [0, 0.05) is 0 Å². The van der Waals surface area contributed by atoms with Gasteiger partial charge in [-0.15, -0.1) is 0 Å². The van der Waals surface area contributed by atoms with Crippen LogP contribution in [0.15, 0.2) is 0 Å². The lowest BCUT2D eigenvalue weighted by Crippen LogP contribution is -2.31. The Labute approximate surface area is 89.5 Å². The molecule has 2 saturated carbocycles. The molecule has 82 valence electrons. The standard InChI is InChI=1S/C14H26/c1-11(2)13-6-8-14(10-13,9-7-13)12(3,4)5/h11H,6-10H2,1-5H3. The predicted octanol–water partition coefficient (Wildman–Crippen LogP) is 4.64. The monoisotopic (exact) mass is 194 g/mol. The van der Waals surface area contributed by atoms with Gasteiger partial charge in [0.15, 0.2) is 0 Å². The van der Waals surface area contributed by atoms with Crippen molar-refractivity contribution in [2.75, 3.05) is 0 Å². The molecule has 0 radical (unpaired) electrons. The summed E-state index contributed by atoms with van der Waals surface area (Å²) in [6.07, 6.45) is 7.51. The SMILES string of the molecule is CC(C)C12CCC(C(C)(C)C)(CC1)C2. The van der Waals surface area contributed by atoms with Crippen LogP contribution < -0.4 is 0 Å². The van der Waals surface area contributed by atoms with Crippen molar-refractivity contribution in [1.82, 2.24) is 0 Å². The van der Waals surface area contributed by atoms with E-state index in [0.717, 1.165) is 11.3 Å². The van der Waals surface area contributed by atoms with Crippen molar-refractivity contribution in [3.63, 3.8) is 0 Å². The topological polar surface area (TPSA) is 0 Å². The first kappa shape index (κ1) is 10.5. The van der Waals surface area contributed by atoms with Crippen molar-refractivity contribution in [2.24, 2.45) is 22.2 Å². The van der Waals surface area contributed by atoms with E-state index in [2.05, 4.69) is 34.6 Å². The second kappa shape index (κ2) is 2.77. The van der Waals surface area contributed by atoms with E-state index in [0.29, 0.717) is 10.8 Å². The Kier molecular flexibility index (Phi) is 2.08. The molecule has 0 unspecified atom stereocenters. The van der Waals surface area contributed by atoms with Gasteiger partial charge in [0.1, 0.15) is 0 Å². The Morgan fingerprint density at radius 3 is 1.64 bits per heavy atom. The van der Waals surface area contributed by atoms with E-state index in [1.54, 1.807) is 0 Å². The summed E-state index contributed by atoms with van der Waals surface area (Å²) >= 11 is 0. The second-order valence-corrected chi connectivity index (χ2v) is 7.22. The molecule has 2 fully saturated rings.